The maximum absolute atomic E-state index is 13.1. The topological polar surface area (TPSA) is 145 Å². The fourth-order valence-corrected chi connectivity index (χ4v) is 4.10. The van der Waals surface area contributed by atoms with E-state index >= 15 is 0 Å². The number of nitrogens with two attached hydrogens (primary N) is 1. The molecule has 0 aliphatic carbocycles. The number of aliphatic imine (C=N–C) groups is 1. The maximum Gasteiger partial charge on any atom is 0.437 e. The second-order valence-corrected chi connectivity index (χ2v) is 11.5. The van der Waals surface area contributed by atoms with Crippen molar-refractivity contribution in [2.24, 2.45) is 10.7 Å². The third-order valence-electron chi connectivity index (χ3n) is 5.94. The zero-order valence-electron chi connectivity index (χ0n) is 25.7. The Bertz CT molecular complexity index is 1100. The molecule has 1 saturated heterocycles. The number of nitrogens with zero attached hydrogens (tertiary/aromatic N) is 4. The van der Waals surface area contributed by atoms with Crippen molar-refractivity contribution in [2.45, 2.75) is 65.7 Å². The normalized spacial score (nSPS) is 14.8. The molecule has 0 radical (unpaired) electrons. The Labute approximate surface area is 242 Å². The van der Waals surface area contributed by atoms with Gasteiger partial charge in [0.25, 0.3) is 0 Å². The van der Waals surface area contributed by atoms with Crippen LogP contribution in [0.15, 0.2) is 17.1 Å². The number of benzene rings is 1. The first-order valence-electron chi connectivity index (χ1n) is 13.4. The summed E-state index contributed by atoms with van der Waals surface area (Å²) in [6, 6.07) is 3.77. The predicted octanol–water partition coefficient (Wildman–Crippen LogP) is 3.23. The Morgan fingerprint density at radius 2 is 1.46 bits per heavy atom. The van der Waals surface area contributed by atoms with Crippen molar-refractivity contribution >= 4 is 24.1 Å². The van der Waals surface area contributed by atoms with E-state index in [9.17, 15) is 14.4 Å². The molecule has 1 aromatic carbocycles. The van der Waals surface area contributed by atoms with Crippen LogP contribution in [0.3, 0.4) is 0 Å². The van der Waals surface area contributed by atoms with Gasteiger partial charge in [-0.2, -0.15) is 0 Å². The standard InChI is InChI=1S/C28H45N5O8/c1-27(2,3)40-25(35)30-24(29)33(26(36)41-28(4,5)6)13-12-21(34)32-16-14-31(15-17-32)18-19-10-11-20(37-7)23(39-9)22(19)38-8/h10-11H,12-18H2,1-9H3,(H2,29,30,35). The summed E-state index contributed by atoms with van der Waals surface area (Å²) in [6.45, 7) is 12.9. The molecule has 0 atom stereocenters. The molecule has 1 fully saturated rings. The second kappa shape index (κ2) is 14.2. The van der Waals surface area contributed by atoms with Gasteiger partial charge in [-0.25, -0.2) is 14.5 Å². The molecular formula is C28H45N5O8. The van der Waals surface area contributed by atoms with Gasteiger partial charge >= 0.3 is 12.2 Å². The number of ether oxygens (including phenoxy) is 5. The highest BCUT2D eigenvalue weighted by Gasteiger charge is 2.29. The quantitative estimate of drug-likeness (QED) is 0.360. The molecule has 13 heteroatoms. The Balaban J connectivity index is 2.03. The number of rotatable bonds is 8. The van der Waals surface area contributed by atoms with Crippen molar-refractivity contribution < 1.29 is 38.1 Å². The second-order valence-electron chi connectivity index (χ2n) is 11.5. The maximum atomic E-state index is 13.1. The summed E-state index contributed by atoms with van der Waals surface area (Å²) in [7, 11) is 4.72. The number of methoxy groups -OCH3 is 3. The Morgan fingerprint density at radius 3 is 1.98 bits per heavy atom. The zero-order chi connectivity index (χ0) is 31.0. The summed E-state index contributed by atoms with van der Waals surface area (Å²) in [5.74, 6) is 1.16. The lowest BCUT2D eigenvalue weighted by atomic mass is 10.1. The molecular weight excluding hydrogens is 534 g/mol. The monoisotopic (exact) mass is 579 g/mol. The van der Waals surface area contributed by atoms with Crippen LogP contribution in [0.2, 0.25) is 0 Å². The first kappa shape index (κ1) is 33.5. The van der Waals surface area contributed by atoms with Crippen LogP contribution in [-0.2, 0) is 20.8 Å². The first-order valence-corrected chi connectivity index (χ1v) is 13.4. The van der Waals surface area contributed by atoms with Gasteiger partial charge in [0.2, 0.25) is 17.6 Å². The lowest BCUT2D eigenvalue weighted by molar-refractivity contribution is -0.133. The minimum absolute atomic E-state index is 0.0344. The Morgan fingerprint density at radius 1 is 0.878 bits per heavy atom. The number of hydrogen-bond acceptors (Lipinski definition) is 9. The first-order chi connectivity index (χ1) is 19.1. The summed E-state index contributed by atoms with van der Waals surface area (Å²) in [5.41, 5.74) is 5.32. The van der Waals surface area contributed by atoms with Crippen LogP contribution in [0.25, 0.3) is 0 Å². The number of amides is 3. The van der Waals surface area contributed by atoms with E-state index in [1.807, 2.05) is 12.1 Å². The number of guanidine groups is 1. The third-order valence-corrected chi connectivity index (χ3v) is 5.94. The van der Waals surface area contributed by atoms with Crippen molar-refractivity contribution in [1.29, 1.82) is 0 Å². The number of piperazine rings is 1. The fourth-order valence-electron chi connectivity index (χ4n) is 4.10. The smallest absolute Gasteiger partial charge is 0.437 e. The lowest BCUT2D eigenvalue weighted by Crippen LogP contribution is -2.50. The number of carbonyl (C=O) groups is 3. The molecule has 2 rings (SSSR count). The minimum Gasteiger partial charge on any atom is -0.493 e. The van der Waals surface area contributed by atoms with Gasteiger partial charge in [-0.15, -0.1) is 4.99 Å². The molecule has 1 aromatic rings. The van der Waals surface area contributed by atoms with E-state index in [0.717, 1.165) is 10.5 Å². The summed E-state index contributed by atoms with van der Waals surface area (Å²) in [6.07, 6.45) is -1.80. The minimum atomic E-state index is -0.947. The highest BCUT2D eigenvalue weighted by molar-refractivity contribution is 5.98. The van der Waals surface area contributed by atoms with Crippen LogP contribution < -0.4 is 19.9 Å². The molecule has 0 saturated carbocycles. The van der Waals surface area contributed by atoms with Gasteiger partial charge in [-0.1, -0.05) is 6.07 Å². The van der Waals surface area contributed by atoms with Crippen molar-refractivity contribution in [3.63, 3.8) is 0 Å². The summed E-state index contributed by atoms with van der Waals surface area (Å²) >= 11 is 0. The van der Waals surface area contributed by atoms with Crippen LogP contribution in [0.4, 0.5) is 9.59 Å². The summed E-state index contributed by atoms with van der Waals surface area (Å²) < 4.78 is 27.0. The van der Waals surface area contributed by atoms with Crippen LogP contribution in [-0.4, -0.2) is 104 Å². The SMILES string of the molecule is COc1ccc(CN2CCN(C(=O)CCN(C(=O)OC(C)(C)C)C(N)=NC(=O)OC(C)(C)C)CC2)c(OC)c1OC. The van der Waals surface area contributed by atoms with Gasteiger partial charge in [0.15, 0.2) is 11.5 Å². The summed E-state index contributed by atoms with van der Waals surface area (Å²) in [5, 5.41) is 0. The molecule has 1 heterocycles. The highest BCUT2D eigenvalue weighted by atomic mass is 16.6. The lowest BCUT2D eigenvalue weighted by Gasteiger charge is -2.35. The molecule has 230 valence electrons. The van der Waals surface area contributed by atoms with Gasteiger partial charge in [-0.3, -0.25) is 9.69 Å². The predicted molar refractivity (Wildman–Crippen MR) is 153 cm³/mol. The van der Waals surface area contributed by atoms with Crippen LogP contribution in [0.1, 0.15) is 53.5 Å². The van der Waals surface area contributed by atoms with Crippen LogP contribution in [0.5, 0.6) is 17.2 Å². The Kier molecular flexibility index (Phi) is 11.6. The van der Waals surface area contributed by atoms with Crippen molar-refractivity contribution in [3.05, 3.63) is 17.7 Å². The van der Waals surface area contributed by atoms with Gasteiger partial charge in [0.1, 0.15) is 11.2 Å². The van der Waals surface area contributed by atoms with Gasteiger partial charge < -0.3 is 34.3 Å². The van der Waals surface area contributed by atoms with Gasteiger partial charge in [0.05, 0.1) is 21.3 Å². The van der Waals surface area contributed by atoms with E-state index in [-0.39, 0.29) is 18.9 Å². The van der Waals surface area contributed by atoms with E-state index < -0.39 is 29.3 Å². The molecule has 41 heavy (non-hydrogen) atoms. The molecule has 1 aliphatic rings. The zero-order valence-corrected chi connectivity index (χ0v) is 25.7. The van der Waals surface area contributed by atoms with E-state index in [0.29, 0.717) is 50.0 Å². The van der Waals surface area contributed by atoms with E-state index in [1.165, 1.54) is 0 Å². The summed E-state index contributed by atoms with van der Waals surface area (Å²) in [4.78, 5) is 46.7. The average molecular weight is 580 g/mol. The van der Waals surface area contributed by atoms with Gasteiger partial charge in [0, 0.05) is 51.3 Å². The highest BCUT2D eigenvalue weighted by Crippen LogP contribution is 2.40. The number of hydrogen-bond donors (Lipinski definition) is 1. The largest absolute Gasteiger partial charge is 0.493 e. The fraction of sp³-hybridized carbons (Fsp3) is 0.643. The van der Waals surface area contributed by atoms with E-state index in [4.69, 9.17) is 29.4 Å². The molecule has 2 N–H and O–H groups in total. The molecule has 0 spiro atoms. The molecule has 0 bridgehead atoms. The van der Waals surface area contributed by atoms with Gasteiger partial charge in [-0.05, 0) is 47.6 Å². The Hall–Kier alpha value is -3.74. The molecule has 0 unspecified atom stereocenters. The molecule has 13 nitrogen and oxygen atoms in total. The van der Waals surface area contributed by atoms with Crippen molar-refractivity contribution in [3.8, 4) is 17.2 Å². The molecule has 0 aromatic heterocycles. The van der Waals surface area contributed by atoms with E-state index in [1.54, 1.807) is 67.8 Å². The van der Waals surface area contributed by atoms with Crippen molar-refractivity contribution in [2.75, 3.05) is 54.1 Å². The molecule has 3 amide bonds. The third kappa shape index (κ3) is 10.3. The van der Waals surface area contributed by atoms with Crippen LogP contribution >= 0.6 is 0 Å². The number of carbonyl (C=O) groups excluding carboxylic acids is 3. The average Bonchev–Trinajstić information content (AvgIpc) is 2.86. The van der Waals surface area contributed by atoms with E-state index in [2.05, 4.69) is 9.89 Å². The molecule has 1 aliphatic heterocycles. The van der Waals surface area contributed by atoms with Crippen molar-refractivity contribution in [1.82, 2.24) is 14.7 Å². The van der Waals surface area contributed by atoms with Crippen LogP contribution in [0, 0.1) is 0 Å².